The third-order valence-electron chi connectivity index (χ3n) is 3.42. The number of aromatic hydroxyl groups is 1. The van der Waals surface area contributed by atoms with Crippen LogP contribution in [0.4, 0.5) is 0 Å². The summed E-state index contributed by atoms with van der Waals surface area (Å²) in [5, 5.41) is 10.6. The first-order valence-corrected chi connectivity index (χ1v) is 7.03. The summed E-state index contributed by atoms with van der Waals surface area (Å²) in [7, 11) is 0. The fourth-order valence-electron chi connectivity index (χ4n) is 2.18. The van der Waals surface area contributed by atoms with Crippen LogP contribution < -0.4 is 5.73 Å². The molecule has 0 saturated heterocycles. The van der Waals surface area contributed by atoms with Crippen LogP contribution in [0.2, 0.25) is 0 Å². The van der Waals surface area contributed by atoms with Gasteiger partial charge >= 0.3 is 0 Å². The number of benzene rings is 1. The molecule has 20 heavy (non-hydrogen) atoms. The number of Topliss-reactive ketones (excluding diaryl/α,β-unsaturated/α-hetero) is 1. The van der Waals surface area contributed by atoms with Gasteiger partial charge < -0.3 is 10.8 Å². The van der Waals surface area contributed by atoms with E-state index < -0.39 is 6.04 Å². The Kier molecular flexibility index (Phi) is 4.35. The Balaban J connectivity index is 3.63. The second-order valence-electron chi connectivity index (χ2n) is 7.57. The summed E-state index contributed by atoms with van der Waals surface area (Å²) in [5.41, 5.74) is 7.39. The van der Waals surface area contributed by atoms with Gasteiger partial charge in [-0.2, -0.15) is 0 Å². The molecular formula is C17H27NO2. The molecular weight excluding hydrogens is 250 g/mol. The SMILES string of the molecule is CC(N)C(=O)c1cc(C(C)(C)C)c(O)c(C(C)(C)C)c1. The van der Waals surface area contributed by atoms with Gasteiger partial charge in [0.25, 0.3) is 0 Å². The van der Waals surface area contributed by atoms with Crippen molar-refractivity contribution in [3.8, 4) is 5.75 Å². The Hall–Kier alpha value is -1.35. The predicted octanol–water partition coefficient (Wildman–Crippen LogP) is 3.52. The van der Waals surface area contributed by atoms with Crippen LogP contribution in [0, 0.1) is 0 Å². The number of nitrogens with two attached hydrogens (primary N) is 1. The number of hydrogen-bond donors (Lipinski definition) is 2. The lowest BCUT2D eigenvalue weighted by atomic mass is 9.78. The van der Waals surface area contributed by atoms with E-state index in [2.05, 4.69) is 0 Å². The summed E-state index contributed by atoms with van der Waals surface area (Å²) in [6, 6.07) is 3.01. The fraction of sp³-hybridized carbons (Fsp3) is 0.588. The lowest BCUT2D eigenvalue weighted by Crippen LogP contribution is -2.28. The van der Waals surface area contributed by atoms with E-state index >= 15 is 0 Å². The van der Waals surface area contributed by atoms with Crippen molar-refractivity contribution < 1.29 is 9.90 Å². The molecule has 0 spiro atoms. The molecule has 0 heterocycles. The van der Waals surface area contributed by atoms with Crippen LogP contribution in [-0.4, -0.2) is 16.9 Å². The van der Waals surface area contributed by atoms with E-state index in [4.69, 9.17) is 5.73 Å². The molecule has 0 bridgehead atoms. The lowest BCUT2D eigenvalue weighted by Gasteiger charge is -2.28. The third-order valence-corrected chi connectivity index (χ3v) is 3.42. The van der Waals surface area contributed by atoms with Crippen molar-refractivity contribution in [2.45, 2.75) is 65.3 Å². The summed E-state index contributed by atoms with van der Waals surface area (Å²) in [6.45, 7) is 13.8. The second kappa shape index (κ2) is 5.21. The minimum absolute atomic E-state index is 0.0963. The van der Waals surface area contributed by atoms with E-state index in [9.17, 15) is 9.90 Å². The molecule has 1 unspecified atom stereocenters. The molecule has 0 amide bonds. The predicted molar refractivity (Wildman–Crippen MR) is 83.5 cm³/mol. The van der Waals surface area contributed by atoms with Crippen molar-refractivity contribution >= 4 is 5.78 Å². The smallest absolute Gasteiger partial charge is 0.179 e. The highest BCUT2D eigenvalue weighted by Crippen LogP contribution is 2.39. The largest absolute Gasteiger partial charge is 0.507 e. The molecule has 0 aromatic heterocycles. The van der Waals surface area contributed by atoms with Crippen molar-refractivity contribution in [3.05, 3.63) is 28.8 Å². The summed E-state index contributed by atoms with van der Waals surface area (Å²) >= 11 is 0. The molecule has 0 saturated carbocycles. The number of hydrogen-bond acceptors (Lipinski definition) is 3. The van der Waals surface area contributed by atoms with Gasteiger partial charge in [0, 0.05) is 16.7 Å². The first kappa shape index (κ1) is 16.7. The van der Waals surface area contributed by atoms with Crippen molar-refractivity contribution in [2.75, 3.05) is 0 Å². The number of phenols is 1. The summed E-state index contributed by atoms with van der Waals surface area (Å²) in [5.74, 6) is 0.187. The summed E-state index contributed by atoms with van der Waals surface area (Å²) in [4.78, 5) is 12.2. The average Bonchev–Trinajstić information content (AvgIpc) is 2.24. The normalized spacial score (nSPS) is 14.2. The summed E-state index contributed by atoms with van der Waals surface area (Å²) in [6.07, 6.45) is 0. The van der Waals surface area contributed by atoms with Crippen molar-refractivity contribution in [1.82, 2.24) is 0 Å². The Labute approximate surface area is 122 Å². The second-order valence-corrected chi connectivity index (χ2v) is 7.57. The van der Waals surface area contributed by atoms with Gasteiger partial charge in [-0.05, 0) is 29.9 Å². The van der Waals surface area contributed by atoms with E-state index in [-0.39, 0.29) is 22.4 Å². The van der Waals surface area contributed by atoms with E-state index in [0.717, 1.165) is 11.1 Å². The minimum atomic E-state index is -0.542. The molecule has 0 aliphatic rings. The molecule has 1 aromatic carbocycles. The Morgan fingerprint density at radius 3 is 1.65 bits per heavy atom. The zero-order valence-electron chi connectivity index (χ0n) is 13.7. The van der Waals surface area contributed by atoms with E-state index in [1.807, 2.05) is 41.5 Å². The van der Waals surface area contributed by atoms with Crippen molar-refractivity contribution in [3.63, 3.8) is 0 Å². The molecule has 0 aliphatic carbocycles. The first-order valence-electron chi connectivity index (χ1n) is 7.03. The van der Waals surface area contributed by atoms with Gasteiger partial charge in [0.1, 0.15) is 5.75 Å². The van der Waals surface area contributed by atoms with Crippen LogP contribution in [0.1, 0.15) is 70.0 Å². The highest BCUT2D eigenvalue weighted by atomic mass is 16.3. The number of phenolic OH excluding ortho intramolecular Hbond substituents is 1. The molecule has 112 valence electrons. The van der Waals surface area contributed by atoms with Crippen LogP contribution in [-0.2, 0) is 10.8 Å². The number of ketones is 1. The highest BCUT2D eigenvalue weighted by Gasteiger charge is 2.28. The molecule has 1 aromatic rings. The van der Waals surface area contributed by atoms with Gasteiger partial charge in [-0.3, -0.25) is 4.79 Å². The molecule has 3 N–H and O–H groups in total. The Bertz CT molecular complexity index is 482. The summed E-state index contributed by atoms with van der Waals surface area (Å²) < 4.78 is 0. The number of carbonyl (C=O) groups excluding carboxylic acids is 1. The van der Waals surface area contributed by atoms with Crippen molar-refractivity contribution in [2.24, 2.45) is 5.73 Å². The van der Waals surface area contributed by atoms with Gasteiger partial charge in [-0.25, -0.2) is 0 Å². The maximum absolute atomic E-state index is 12.2. The molecule has 3 heteroatoms. The molecule has 0 radical (unpaired) electrons. The van der Waals surface area contributed by atoms with Crippen LogP contribution in [0.3, 0.4) is 0 Å². The van der Waals surface area contributed by atoms with Gasteiger partial charge in [0.05, 0.1) is 6.04 Å². The maximum atomic E-state index is 12.2. The van der Waals surface area contributed by atoms with Crippen molar-refractivity contribution in [1.29, 1.82) is 0 Å². The molecule has 3 nitrogen and oxygen atoms in total. The fourth-order valence-corrected chi connectivity index (χ4v) is 2.18. The van der Waals surface area contributed by atoms with Crippen LogP contribution in [0.5, 0.6) is 5.75 Å². The zero-order valence-corrected chi connectivity index (χ0v) is 13.7. The molecule has 0 fully saturated rings. The maximum Gasteiger partial charge on any atom is 0.179 e. The zero-order chi connectivity index (χ0) is 15.9. The Morgan fingerprint density at radius 2 is 1.40 bits per heavy atom. The highest BCUT2D eigenvalue weighted by molar-refractivity contribution is 6.00. The number of carbonyl (C=O) groups is 1. The van der Waals surface area contributed by atoms with Gasteiger partial charge in [0.2, 0.25) is 0 Å². The van der Waals surface area contributed by atoms with E-state index in [1.54, 1.807) is 19.1 Å². The molecule has 0 aliphatic heterocycles. The van der Waals surface area contributed by atoms with Gasteiger partial charge in [-0.15, -0.1) is 0 Å². The molecule has 1 rings (SSSR count). The lowest BCUT2D eigenvalue weighted by molar-refractivity contribution is 0.0967. The van der Waals surface area contributed by atoms with Crippen LogP contribution in [0.15, 0.2) is 12.1 Å². The van der Waals surface area contributed by atoms with Gasteiger partial charge in [0.15, 0.2) is 5.78 Å². The Morgan fingerprint density at radius 1 is 1.05 bits per heavy atom. The topological polar surface area (TPSA) is 63.3 Å². The quantitative estimate of drug-likeness (QED) is 0.813. The third kappa shape index (κ3) is 3.40. The first-order chi connectivity index (χ1) is 8.85. The average molecular weight is 277 g/mol. The monoisotopic (exact) mass is 277 g/mol. The molecule has 1 atom stereocenters. The van der Waals surface area contributed by atoms with Gasteiger partial charge in [-0.1, -0.05) is 41.5 Å². The minimum Gasteiger partial charge on any atom is -0.507 e. The number of rotatable bonds is 2. The standard InChI is InChI=1S/C17H27NO2/c1-10(18)14(19)11-8-12(16(2,3)4)15(20)13(9-11)17(5,6)7/h8-10,20H,18H2,1-7H3. The van der Waals surface area contributed by atoms with Crippen LogP contribution in [0.25, 0.3) is 0 Å². The van der Waals surface area contributed by atoms with E-state index in [0.29, 0.717) is 5.56 Å². The van der Waals surface area contributed by atoms with Crippen LogP contribution >= 0.6 is 0 Å². The van der Waals surface area contributed by atoms with E-state index in [1.165, 1.54) is 0 Å².